The maximum Gasteiger partial charge on any atom is 0.435 e. The molecule has 0 saturated carbocycles. The van der Waals surface area contributed by atoms with Gasteiger partial charge in [0, 0.05) is 0 Å². The molecule has 0 N–H and O–H groups in total. The smallest absolute Gasteiger partial charge is 0.388 e. The van der Waals surface area contributed by atoms with Gasteiger partial charge in [-0.1, -0.05) is 0 Å². The molecule has 0 atom stereocenters. The Kier molecular flexibility index (Phi) is 3.30. The van der Waals surface area contributed by atoms with Crippen molar-refractivity contribution in [1.82, 2.24) is 0 Å². The van der Waals surface area contributed by atoms with Gasteiger partial charge >= 0.3 is 12.6 Å². The fourth-order valence-corrected chi connectivity index (χ4v) is 0.964. The van der Waals surface area contributed by atoms with Gasteiger partial charge in [0.15, 0.2) is 23.3 Å². The second-order valence-electron chi connectivity index (χ2n) is 2.65. The van der Waals surface area contributed by atoms with Crippen molar-refractivity contribution in [2.75, 3.05) is 0 Å². The summed E-state index contributed by atoms with van der Waals surface area (Å²) >= 11 is 0. The molecule has 0 aliphatic heterocycles. The van der Waals surface area contributed by atoms with Gasteiger partial charge in [-0.05, 0) is 0 Å². The Morgan fingerprint density at radius 2 is 1.18 bits per heavy atom. The number of hydrogen-bond donors (Lipinski definition) is 0. The Bertz CT molecular complexity index is 442. The van der Waals surface area contributed by atoms with Crippen molar-refractivity contribution in [1.29, 1.82) is 0 Å². The Labute approximate surface area is 88.6 Å². The highest BCUT2D eigenvalue weighted by atomic mass is 19.3. The molecule has 9 heteroatoms. The topological polar surface area (TPSA) is 26.3 Å². The van der Waals surface area contributed by atoms with Crippen molar-refractivity contribution in [2.45, 2.75) is 6.11 Å². The number of rotatable bonds is 3. The van der Waals surface area contributed by atoms with E-state index in [0.717, 1.165) is 0 Å². The zero-order valence-corrected chi connectivity index (χ0v) is 7.46. The van der Waals surface area contributed by atoms with Crippen LogP contribution in [0.5, 0.6) is 0 Å². The van der Waals surface area contributed by atoms with E-state index in [1.807, 2.05) is 0 Å². The number of alkyl halides is 2. The summed E-state index contributed by atoms with van der Waals surface area (Å²) in [5.41, 5.74) is -2.56. The van der Waals surface area contributed by atoms with Crippen molar-refractivity contribution in [3.8, 4) is 0 Å². The molecule has 0 fully saturated rings. The predicted octanol–water partition coefficient (Wildman–Crippen LogP) is 2.52. The SMILES string of the molecule is O=[C]OC(F)(F)c1c(F)c(F)c(F)c(F)c1F. The highest BCUT2D eigenvalue weighted by Crippen LogP contribution is 2.35. The van der Waals surface area contributed by atoms with Crippen LogP contribution in [0.15, 0.2) is 0 Å². The number of halogens is 7. The molecule has 0 heterocycles. The van der Waals surface area contributed by atoms with Crippen LogP contribution < -0.4 is 0 Å². The Hall–Kier alpha value is -1.80. The second kappa shape index (κ2) is 4.22. The zero-order valence-electron chi connectivity index (χ0n) is 7.46. The molecule has 2 nitrogen and oxygen atoms in total. The van der Waals surface area contributed by atoms with Crippen LogP contribution in [0.2, 0.25) is 0 Å². The van der Waals surface area contributed by atoms with E-state index in [1.54, 1.807) is 0 Å². The van der Waals surface area contributed by atoms with E-state index in [2.05, 4.69) is 4.74 Å². The van der Waals surface area contributed by atoms with E-state index < -0.39 is 40.8 Å². The Morgan fingerprint density at radius 1 is 0.824 bits per heavy atom. The number of carbonyl (C=O) groups excluding carboxylic acids is 1. The molecule has 1 radical (unpaired) electrons. The summed E-state index contributed by atoms with van der Waals surface area (Å²) in [6.07, 6.45) is -5.02. The van der Waals surface area contributed by atoms with E-state index in [1.165, 1.54) is 0 Å². The van der Waals surface area contributed by atoms with Crippen LogP contribution in [-0.4, -0.2) is 6.47 Å². The summed E-state index contributed by atoms with van der Waals surface area (Å²) in [6, 6.07) is 0. The third-order valence-corrected chi connectivity index (χ3v) is 1.67. The second-order valence-corrected chi connectivity index (χ2v) is 2.65. The quantitative estimate of drug-likeness (QED) is 0.474. The van der Waals surface area contributed by atoms with Crippen molar-refractivity contribution in [3.63, 3.8) is 0 Å². The monoisotopic (exact) mass is 261 g/mol. The van der Waals surface area contributed by atoms with Crippen LogP contribution in [0.4, 0.5) is 30.7 Å². The molecule has 0 aliphatic rings. The Morgan fingerprint density at radius 3 is 1.53 bits per heavy atom. The standard InChI is InChI=1S/C8F7O2/c9-3-2(8(14,15)17-1-16)4(10)6(12)7(13)5(3)11. The van der Waals surface area contributed by atoms with Gasteiger partial charge in [0.1, 0.15) is 5.56 Å². The van der Waals surface area contributed by atoms with Crippen molar-refractivity contribution in [2.24, 2.45) is 0 Å². The summed E-state index contributed by atoms with van der Waals surface area (Å²) < 4.78 is 91.5. The third-order valence-electron chi connectivity index (χ3n) is 1.67. The molecular weight excluding hydrogens is 261 g/mol. The van der Waals surface area contributed by atoms with Crippen LogP contribution in [0.25, 0.3) is 0 Å². The maximum absolute atomic E-state index is 12.8. The number of hydrogen-bond acceptors (Lipinski definition) is 2. The molecule has 1 aromatic carbocycles. The van der Waals surface area contributed by atoms with Gasteiger partial charge in [-0.2, -0.15) is 8.78 Å². The van der Waals surface area contributed by atoms with Gasteiger partial charge in [0.25, 0.3) is 0 Å². The molecule has 1 aromatic rings. The lowest BCUT2D eigenvalue weighted by Gasteiger charge is -2.15. The average Bonchev–Trinajstić information content (AvgIpc) is 2.23. The maximum atomic E-state index is 12.8. The van der Waals surface area contributed by atoms with E-state index in [-0.39, 0.29) is 6.47 Å². The molecule has 0 spiro atoms. The first-order chi connectivity index (χ1) is 7.74. The van der Waals surface area contributed by atoms with Crippen molar-refractivity contribution >= 4 is 6.47 Å². The summed E-state index contributed by atoms with van der Waals surface area (Å²) in [5.74, 6) is -13.3. The van der Waals surface area contributed by atoms with E-state index in [4.69, 9.17) is 0 Å². The Balaban J connectivity index is 3.60. The summed E-state index contributed by atoms with van der Waals surface area (Å²) in [6.45, 7) is 0.142. The first-order valence-electron chi connectivity index (χ1n) is 3.69. The molecule has 1 rings (SSSR count). The summed E-state index contributed by atoms with van der Waals surface area (Å²) in [5, 5.41) is 0. The van der Waals surface area contributed by atoms with Gasteiger partial charge in [-0.15, -0.1) is 0 Å². The molecule has 93 valence electrons. The number of benzene rings is 1. The van der Waals surface area contributed by atoms with Gasteiger partial charge in [-0.25, -0.2) is 26.7 Å². The lowest BCUT2D eigenvalue weighted by molar-refractivity contribution is -0.200. The van der Waals surface area contributed by atoms with Crippen molar-refractivity contribution < 1.29 is 40.3 Å². The fraction of sp³-hybridized carbons (Fsp3) is 0.125. The normalized spacial score (nSPS) is 11.5. The first-order valence-corrected chi connectivity index (χ1v) is 3.69. The predicted molar refractivity (Wildman–Crippen MR) is 36.9 cm³/mol. The average molecular weight is 261 g/mol. The van der Waals surface area contributed by atoms with Crippen LogP contribution in [0.1, 0.15) is 5.56 Å². The molecule has 0 aliphatic carbocycles. The minimum Gasteiger partial charge on any atom is -0.388 e. The van der Waals surface area contributed by atoms with Gasteiger partial charge < -0.3 is 4.74 Å². The van der Waals surface area contributed by atoms with Crippen LogP contribution in [0, 0.1) is 29.1 Å². The van der Waals surface area contributed by atoms with Crippen LogP contribution in [-0.2, 0) is 15.6 Å². The molecule has 0 saturated heterocycles. The van der Waals surface area contributed by atoms with Gasteiger partial charge in [-0.3, -0.25) is 0 Å². The minimum absolute atomic E-state index is 0.142. The highest BCUT2D eigenvalue weighted by molar-refractivity contribution is 5.40. The third kappa shape index (κ3) is 2.04. The zero-order chi connectivity index (χ0) is 13.4. The van der Waals surface area contributed by atoms with E-state index >= 15 is 0 Å². The molecule has 0 aromatic heterocycles. The fourth-order valence-electron chi connectivity index (χ4n) is 0.964. The largest absolute Gasteiger partial charge is 0.435 e. The lowest BCUT2D eigenvalue weighted by Crippen LogP contribution is -2.23. The first kappa shape index (κ1) is 13.3. The highest BCUT2D eigenvalue weighted by Gasteiger charge is 2.44. The molecule has 0 unspecified atom stereocenters. The van der Waals surface area contributed by atoms with Gasteiger partial charge in [0.05, 0.1) is 0 Å². The molecule has 0 bridgehead atoms. The van der Waals surface area contributed by atoms with Crippen LogP contribution >= 0.6 is 0 Å². The van der Waals surface area contributed by atoms with Crippen LogP contribution in [0.3, 0.4) is 0 Å². The molecule has 0 amide bonds. The summed E-state index contributed by atoms with van der Waals surface area (Å²) in [4.78, 5) is 9.52. The van der Waals surface area contributed by atoms with E-state index in [0.29, 0.717) is 0 Å². The summed E-state index contributed by atoms with van der Waals surface area (Å²) in [7, 11) is 0. The minimum atomic E-state index is -5.02. The lowest BCUT2D eigenvalue weighted by atomic mass is 10.1. The van der Waals surface area contributed by atoms with Gasteiger partial charge in [0.2, 0.25) is 5.82 Å². The molecular formula is C8F7O2. The number of ether oxygens (including phenoxy) is 1. The molecule has 17 heavy (non-hydrogen) atoms. The van der Waals surface area contributed by atoms with E-state index in [9.17, 15) is 35.5 Å². The van der Waals surface area contributed by atoms with Crippen molar-refractivity contribution in [3.05, 3.63) is 34.6 Å².